The standard InChI is InChI=1S/C31H29ClN2S2/c32-25-16-11-17-26(22-25)33-31(35)34-28-19-8-9-20-29(28)36-30(34)21-10-7-18-27(23-12-3-1-4-13-23)24-14-5-2-6-15-24/h1-6,8-9,11-17,19-20,22,27,30H,7,10,18,21H2,(H,33,35). The number of nitrogens with one attached hydrogen (secondary N) is 1. The fourth-order valence-electron chi connectivity index (χ4n) is 4.85. The second kappa shape index (κ2) is 12.0. The van der Waals surface area contributed by atoms with Crippen molar-refractivity contribution in [2.75, 3.05) is 10.2 Å². The quantitative estimate of drug-likeness (QED) is 0.181. The number of unbranched alkanes of at least 4 members (excludes halogenated alkanes) is 1. The van der Waals surface area contributed by atoms with E-state index in [1.807, 2.05) is 36.0 Å². The molecule has 0 saturated heterocycles. The van der Waals surface area contributed by atoms with Crippen LogP contribution < -0.4 is 10.2 Å². The third-order valence-electron chi connectivity index (χ3n) is 6.57. The van der Waals surface area contributed by atoms with E-state index in [4.69, 9.17) is 23.8 Å². The zero-order chi connectivity index (χ0) is 24.7. The molecule has 1 N–H and O–H groups in total. The number of para-hydroxylation sites is 1. The zero-order valence-corrected chi connectivity index (χ0v) is 22.4. The Morgan fingerprint density at radius 3 is 2.19 bits per heavy atom. The zero-order valence-electron chi connectivity index (χ0n) is 20.0. The topological polar surface area (TPSA) is 15.3 Å². The van der Waals surface area contributed by atoms with Crippen LogP contribution in [-0.4, -0.2) is 10.5 Å². The largest absolute Gasteiger partial charge is 0.332 e. The highest BCUT2D eigenvalue weighted by atomic mass is 35.5. The van der Waals surface area contributed by atoms with Crippen molar-refractivity contribution in [3.63, 3.8) is 0 Å². The van der Waals surface area contributed by atoms with Crippen molar-refractivity contribution >= 4 is 52.1 Å². The summed E-state index contributed by atoms with van der Waals surface area (Å²) in [5, 5.41) is 5.09. The lowest BCUT2D eigenvalue weighted by Crippen LogP contribution is -2.38. The van der Waals surface area contributed by atoms with Crippen molar-refractivity contribution in [1.82, 2.24) is 0 Å². The number of thiocarbonyl (C=S) groups is 1. The maximum Gasteiger partial charge on any atom is 0.178 e. The number of thioether (sulfide) groups is 1. The lowest BCUT2D eigenvalue weighted by molar-refractivity contribution is 0.597. The van der Waals surface area contributed by atoms with Gasteiger partial charge in [-0.05, 0) is 66.5 Å². The van der Waals surface area contributed by atoms with Crippen molar-refractivity contribution in [2.24, 2.45) is 0 Å². The van der Waals surface area contributed by atoms with Gasteiger partial charge in [0.05, 0.1) is 11.1 Å². The summed E-state index contributed by atoms with van der Waals surface area (Å²) < 4.78 is 0. The molecule has 5 heteroatoms. The van der Waals surface area contributed by atoms with Gasteiger partial charge in [-0.25, -0.2) is 0 Å². The molecule has 0 radical (unpaired) electrons. The smallest absolute Gasteiger partial charge is 0.178 e. The van der Waals surface area contributed by atoms with Crippen LogP contribution in [0.1, 0.15) is 42.7 Å². The molecule has 0 aliphatic carbocycles. The Hall–Kier alpha value is -2.79. The van der Waals surface area contributed by atoms with Gasteiger partial charge < -0.3 is 10.2 Å². The van der Waals surface area contributed by atoms with E-state index >= 15 is 0 Å². The highest BCUT2D eigenvalue weighted by Gasteiger charge is 2.32. The third-order valence-corrected chi connectivity index (χ3v) is 8.42. The lowest BCUT2D eigenvalue weighted by Gasteiger charge is -2.28. The lowest BCUT2D eigenvalue weighted by atomic mass is 9.87. The second-order valence-electron chi connectivity index (χ2n) is 9.01. The summed E-state index contributed by atoms with van der Waals surface area (Å²) in [5.41, 5.74) is 4.87. The normalized spacial score (nSPS) is 14.6. The van der Waals surface area contributed by atoms with Gasteiger partial charge in [0.15, 0.2) is 5.11 Å². The Bertz CT molecular complexity index is 1260. The Morgan fingerprint density at radius 1 is 0.833 bits per heavy atom. The number of hydrogen-bond donors (Lipinski definition) is 1. The molecule has 0 spiro atoms. The summed E-state index contributed by atoms with van der Waals surface area (Å²) in [6, 6.07) is 38.0. The van der Waals surface area contributed by atoms with E-state index < -0.39 is 0 Å². The van der Waals surface area contributed by atoms with Crippen LogP contribution >= 0.6 is 35.6 Å². The summed E-state index contributed by atoms with van der Waals surface area (Å²) in [4.78, 5) is 3.56. The van der Waals surface area contributed by atoms with Crippen LogP contribution in [0.2, 0.25) is 5.02 Å². The number of halogens is 1. The number of fused-ring (bicyclic) bond motifs is 1. The average Bonchev–Trinajstić information content (AvgIpc) is 3.28. The molecule has 1 unspecified atom stereocenters. The molecule has 182 valence electrons. The molecule has 0 aromatic heterocycles. The predicted molar refractivity (Wildman–Crippen MR) is 159 cm³/mol. The van der Waals surface area contributed by atoms with Crippen LogP contribution in [-0.2, 0) is 0 Å². The molecule has 1 aliphatic heterocycles. The minimum atomic E-state index is 0.272. The first-order valence-corrected chi connectivity index (χ1v) is 14.1. The van der Waals surface area contributed by atoms with Crippen molar-refractivity contribution < 1.29 is 0 Å². The molecule has 2 nitrogen and oxygen atoms in total. The molecule has 1 atom stereocenters. The first kappa shape index (κ1) is 24.9. The molecule has 5 rings (SSSR count). The van der Waals surface area contributed by atoms with Gasteiger partial charge in [-0.3, -0.25) is 0 Å². The van der Waals surface area contributed by atoms with Gasteiger partial charge in [-0.2, -0.15) is 0 Å². The van der Waals surface area contributed by atoms with Crippen LogP contribution in [0.4, 0.5) is 11.4 Å². The first-order valence-electron chi connectivity index (χ1n) is 12.4. The molecule has 0 fully saturated rings. The van der Waals surface area contributed by atoms with Crippen LogP contribution in [0.25, 0.3) is 0 Å². The van der Waals surface area contributed by atoms with Crippen LogP contribution in [0, 0.1) is 0 Å². The van der Waals surface area contributed by atoms with Gasteiger partial charge in [0.25, 0.3) is 0 Å². The Kier molecular flexibility index (Phi) is 8.27. The number of hydrogen-bond acceptors (Lipinski definition) is 2. The van der Waals surface area contributed by atoms with Crippen molar-refractivity contribution in [2.45, 2.75) is 41.9 Å². The maximum absolute atomic E-state index is 6.20. The molecule has 0 amide bonds. The summed E-state index contributed by atoms with van der Waals surface area (Å²) in [7, 11) is 0. The van der Waals surface area contributed by atoms with E-state index in [9.17, 15) is 0 Å². The first-order chi connectivity index (χ1) is 17.7. The molecular weight excluding hydrogens is 500 g/mol. The number of rotatable bonds is 8. The van der Waals surface area contributed by atoms with Crippen molar-refractivity contribution in [1.29, 1.82) is 0 Å². The van der Waals surface area contributed by atoms with E-state index in [1.54, 1.807) is 0 Å². The van der Waals surface area contributed by atoms with Crippen LogP contribution in [0.5, 0.6) is 0 Å². The van der Waals surface area contributed by atoms with Crippen LogP contribution in [0.3, 0.4) is 0 Å². The Balaban J connectivity index is 1.26. The van der Waals surface area contributed by atoms with E-state index in [0.717, 1.165) is 31.4 Å². The van der Waals surface area contributed by atoms with Gasteiger partial charge in [0, 0.05) is 21.5 Å². The molecule has 0 bridgehead atoms. The Labute approximate surface area is 228 Å². The third kappa shape index (κ3) is 5.95. The average molecular weight is 529 g/mol. The monoisotopic (exact) mass is 528 g/mol. The molecule has 1 heterocycles. The van der Waals surface area contributed by atoms with Gasteiger partial charge in [0.2, 0.25) is 0 Å². The maximum atomic E-state index is 6.20. The summed E-state index contributed by atoms with van der Waals surface area (Å²) in [6.07, 6.45) is 4.48. The predicted octanol–water partition coefficient (Wildman–Crippen LogP) is 9.37. The highest BCUT2D eigenvalue weighted by Crippen LogP contribution is 2.45. The fraction of sp³-hybridized carbons (Fsp3) is 0.194. The van der Waals surface area contributed by atoms with Gasteiger partial charge >= 0.3 is 0 Å². The van der Waals surface area contributed by atoms with E-state index in [0.29, 0.717) is 16.1 Å². The van der Waals surface area contributed by atoms with Gasteiger partial charge in [-0.15, -0.1) is 0 Å². The molecule has 4 aromatic carbocycles. The molecule has 36 heavy (non-hydrogen) atoms. The summed E-state index contributed by atoms with van der Waals surface area (Å²) in [5.74, 6) is 0.419. The second-order valence-corrected chi connectivity index (χ2v) is 11.1. The fourth-order valence-corrected chi connectivity index (χ4v) is 6.80. The number of anilines is 2. The number of benzene rings is 4. The molecule has 4 aromatic rings. The SMILES string of the molecule is S=C(Nc1cccc(Cl)c1)N1c2ccccc2SC1CCCCC(c1ccccc1)c1ccccc1. The summed E-state index contributed by atoms with van der Waals surface area (Å²) in [6.45, 7) is 0. The van der Waals surface area contributed by atoms with E-state index in [2.05, 4.69) is 95.1 Å². The highest BCUT2D eigenvalue weighted by molar-refractivity contribution is 8.00. The van der Waals surface area contributed by atoms with Crippen LogP contribution in [0.15, 0.2) is 114 Å². The van der Waals surface area contributed by atoms with Gasteiger partial charge in [0.1, 0.15) is 0 Å². The molecule has 1 aliphatic rings. The minimum Gasteiger partial charge on any atom is -0.332 e. The number of nitrogens with zero attached hydrogens (tertiary/aromatic N) is 1. The van der Waals surface area contributed by atoms with Gasteiger partial charge in [-0.1, -0.05) is 115 Å². The minimum absolute atomic E-state index is 0.272. The van der Waals surface area contributed by atoms with E-state index in [1.165, 1.54) is 21.7 Å². The van der Waals surface area contributed by atoms with E-state index in [-0.39, 0.29) is 5.37 Å². The summed E-state index contributed by atoms with van der Waals surface area (Å²) >= 11 is 14.0. The Morgan fingerprint density at radius 2 is 1.50 bits per heavy atom. The van der Waals surface area contributed by atoms with Crippen molar-refractivity contribution in [3.8, 4) is 0 Å². The molecular formula is C31H29ClN2S2. The molecule has 0 saturated carbocycles. The van der Waals surface area contributed by atoms with Crippen molar-refractivity contribution in [3.05, 3.63) is 125 Å².